The Balaban J connectivity index is 1.30. The summed E-state index contributed by atoms with van der Waals surface area (Å²) in [4.78, 5) is 28.9. The number of nitrogens with one attached hydrogen (secondary N) is 1. The molecule has 7 heteroatoms. The second kappa shape index (κ2) is 7.90. The quantitative estimate of drug-likeness (QED) is 0.877. The average Bonchev–Trinajstić information content (AvgIpc) is 3.21. The summed E-state index contributed by atoms with van der Waals surface area (Å²) < 4.78 is 18.7. The maximum Gasteiger partial charge on any atom is 0.253 e. The number of amides is 2. The highest BCUT2D eigenvalue weighted by Gasteiger charge is 2.23. The summed E-state index contributed by atoms with van der Waals surface area (Å²) in [5.41, 5.74) is 2.24. The number of benzene rings is 2. The molecule has 0 aromatic heterocycles. The Kier molecular flexibility index (Phi) is 4.81. The molecule has 28 heavy (non-hydrogen) atoms. The molecular formula is C21H23N3O4. The molecule has 0 saturated carbocycles. The zero-order valence-electron chi connectivity index (χ0n) is 16.8. The predicted molar refractivity (Wildman–Crippen MR) is 105 cm³/mol. The molecule has 2 aromatic rings. The number of piperazine rings is 1. The first-order valence-electron chi connectivity index (χ1n) is 9.76. The second-order valence-electron chi connectivity index (χ2n) is 6.98. The van der Waals surface area contributed by atoms with E-state index in [0.717, 1.165) is 10.9 Å². The van der Waals surface area contributed by atoms with Crippen molar-refractivity contribution in [2.45, 2.75) is 6.92 Å². The summed E-state index contributed by atoms with van der Waals surface area (Å²) in [7, 11) is 0. The second-order valence-corrected chi connectivity index (χ2v) is 6.98. The number of hydrogen-bond donors (Lipinski definition) is 1. The normalized spacial score (nSPS) is 16.6. The van der Waals surface area contributed by atoms with Gasteiger partial charge in [-0.25, -0.2) is 0 Å². The van der Waals surface area contributed by atoms with Crippen LogP contribution < -0.4 is 14.8 Å². The minimum atomic E-state index is -0.331. The highest BCUT2D eigenvalue weighted by atomic mass is 16.7. The first-order valence-corrected chi connectivity index (χ1v) is 9.31. The fraction of sp³-hybridized carbons (Fsp3) is 0.333. The molecule has 0 bridgehead atoms. The van der Waals surface area contributed by atoms with Crippen molar-refractivity contribution >= 4 is 17.5 Å². The van der Waals surface area contributed by atoms with Crippen LogP contribution in [0.2, 0.25) is 1.41 Å². The molecular weight excluding hydrogens is 358 g/mol. The van der Waals surface area contributed by atoms with Gasteiger partial charge in [0.1, 0.15) is 0 Å². The Morgan fingerprint density at radius 1 is 1.04 bits per heavy atom. The van der Waals surface area contributed by atoms with Crippen LogP contribution in [0.1, 0.15) is 15.9 Å². The van der Waals surface area contributed by atoms with Gasteiger partial charge in [-0.2, -0.15) is 0 Å². The predicted octanol–water partition coefficient (Wildman–Crippen LogP) is 2.12. The average molecular weight is 382 g/mol. The van der Waals surface area contributed by atoms with Crippen LogP contribution in [0.15, 0.2) is 42.5 Å². The zero-order chi connectivity index (χ0) is 20.4. The molecule has 2 aliphatic heterocycles. The minimum Gasteiger partial charge on any atom is -0.454 e. The van der Waals surface area contributed by atoms with Gasteiger partial charge in [0, 0.05) is 43.5 Å². The van der Waals surface area contributed by atoms with Gasteiger partial charge < -0.3 is 19.7 Å². The van der Waals surface area contributed by atoms with Crippen molar-refractivity contribution in [2.24, 2.45) is 0 Å². The van der Waals surface area contributed by atoms with Gasteiger partial charge in [0.25, 0.3) is 5.91 Å². The Hall–Kier alpha value is -3.06. The van der Waals surface area contributed by atoms with Gasteiger partial charge in [0.2, 0.25) is 12.7 Å². The third kappa shape index (κ3) is 4.09. The van der Waals surface area contributed by atoms with Crippen molar-refractivity contribution in [3.63, 3.8) is 0 Å². The molecule has 2 aromatic carbocycles. The molecule has 7 nitrogen and oxygen atoms in total. The summed E-state index contributed by atoms with van der Waals surface area (Å²) >= 11 is 0. The Morgan fingerprint density at radius 3 is 2.50 bits per heavy atom. The molecule has 2 amide bonds. The lowest BCUT2D eigenvalue weighted by atomic mass is 10.1. The van der Waals surface area contributed by atoms with Gasteiger partial charge in [0.05, 0.1) is 6.54 Å². The van der Waals surface area contributed by atoms with Gasteiger partial charge in [-0.1, -0.05) is 17.7 Å². The van der Waals surface area contributed by atoms with Crippen molar-refractivity contribution in [1.82, 2.24) is 9.80 Å². The maximum absolute atomic E-state index is 12.6. The number of aryl methyl sites for hydroxylation is 1. The molecule has 0 radical (unpaired) electrons. The van der Waals surface area contributed by atoms with Crippen LogP contribution in [0, 0.1) is 6.92 Å². The SMILES string of the molecule is [2H]N(C(=O)CN1CCN(C(=O)c2ccc(C)cc2)CC1)c1ccc2c(c1)OCO2. The van der Waals surface area contributed by atoms with E-state index in [4.69, 9.17) is 10.9 Å². The van der Waals surface area contributed by atoms with Gasteiger partial charge >= 0.3 is 0 Å². The van der Waals surface area contributed by atoms with Crippen molar-refractivity contribution in [3.8, 4) is 11.5 Å². The van der Waals surface area contributed by atoms with Crippen LogP contribution in [0.3, 0.4) is 0 Å². The molecule has 2 heterocycles. The van der Waals surface area contributed by atoms with Crippen LogP contribution in [0.25, 0.3) is 0 Å². The van der Waals surface area contributed by atoms with Gasteiger partial charge in [-0.3, -0.25) is 14.5 Å². The Morgan fingerprint density at radius 2 is 1.75 bits per heavy atom. The topological polar surface area (TPSA) is 71.1 Å². The lowest BCUT2D eigenvalue weighted by Gasteiger charge is -2.34. The maximum atomic E-state index is 12.6. The van der Waals surface area contributed by atoms with Gasteiger partial charge in [-0.15, -0.1) is 0 Å². The van der Waals surface area contributed by atoms with Crippen LogP contribution in [0.4, 0.5) is 5.69 Å². The lowest BCUT2D eigenvalue weighted by Crippen LogP contribution is -2.50. The number of anilines is 1. The number of fused-ring (bicyclic) bond motifs is 1. The van der Waals surface area contributed by atoms with E-state index in [9.17, 15) is 9.59 Å². The highest BCUT2D eigenvalue weighted by Crippen LogP contribution is 2.34. The lowest BCUT2D eigenvalue weighted by molar-refractivity contribution is -0.117. The van der Waals surface area contributed by atoms with E-state index in [1.165, 1.54) is 0 Å². The molecule has 0 atom stereocenters. The van der Waals surface area contributed by atoms with Crippen molar-refractivity contribution < 1.29 is 20.5 Å². The van der Waals surface area contributed by atoms with E-state index in [1.807, 2.05) is 41.0 Å². The molecule has 1 fully saturated rings. The van der Waals surface area contributed by atoms with Gasteiger partial charge in [0.15, 0.2) is 12.9 Å². The number of carbonyl (C=O) groups excluding carboxylic acids is 2. The summed E-state index contributed by atoms with van der Waals surface area (Å²) in [6.45, 7) is 4.57. The fourth-order valence-corrected chi connectivity index (χ4v) is 3.31. The smallest absolute Gasteiger partial charge is 0.253 e. The molecule has 2 aliphatic rings. The van der Waals surface area contributed by atoms with E-state index in [1.54, 1.807) is 18.2 Å². The fourth-order valence-electron chi connectivity index (χ4n) is 3.31. The van der Waals surface area contributed by atoms with E-state index in [-0.39, 0.29) is 25.2 Å². The zero-order valence-corrected chi connectivity index (χ0v) is 15.8. The third-order valence-corrected chi connectivity index (χ3v) is 4.93. The number of rotatable bonds is 4. The molecule has 0 unspecified atom stereocenters. The largest absolute Gasteiger partial charge is 0.454 e. The number of hydrogen-bond acceptors (Lipinski definition) is 5. The standard InChI is InChI=1S/C21H23N3O4/c1-15-2-4-16(5-3-15)21(26)24-10-8-23(9-11-24)13-20(25)22-17-6-7-18-19(12-17)28-14-27-18/h2-7,12H,8-11,13-14H2,1H3,(H,22,25)/i/hD. The van der Waals surface area contributed by atoms with Crippen LogP contribution in [-0.4, -0.2) is 61.1 Å². The van der Waals surface area contributed by atoms with E-state index in [0.29, 0.717) is 48.9 Å². The molecule has 1 saturated heterocycles. The highest BCUT2D eigenvalue weighted by molar-refractivity contribution is 5.94. The number of carbonyl (C=O) groups is 2. The third-order valence-electron chi connectivity index (χ3n) is 4.93. The minimum absolute atomic E-state index is 0.0125. The molecule has 1 N–H and O–H groups in total. The first kappa shape index (κ1) is 17.1. The van der Waals surface area contributed by atoms with Crippen LogP contribution >= 0.6 is 0 Å². The van der Waals surface area contributed by atoms with E-state index >= 15 is 0 Å². The Labute approximate surface area is 165 Å². The van der Waals surface area contributed by atoms with Crippen LogP contribution in [-0.2, 0) is 4.79 Å². The number of nitrogens with zero attached hydrogens (tertiary/aromatic N) is 2. The number of ether oxygens (including phenoxy) is 2. The first-order chi connectivity index (χ1) is 14.0. The molecule has 0 spiro atoms. The Bertz CT molecular complexity index is 911. The summed E-state index contributed by atoms with van der Waals surface area (Å²) in [6, 6.07) is 12.5. The molecule has 4 rings (SSSR count). The summed E-state index contributed by atoms with van der Waals surface area (Å²) in [5.74, 6) is 0.834. The summed E-state index contributed by atoms with van der Waals surface area (Å²) in [6.07, 6.45) is 0. The van der Waals surface area contributed by atoms with E-state index < -0.39 is 0 Å². The molecule has 146 valence electrons. The molecule has 0 aliphatic carbocycles. The summed E-state index contributed by atoms with van der Waals surface area (Å²) in [5, 5.41) is 0.881. The van der Waals surface area contributed by atoms with Crippen molar-refractivity contribution in [2.75, 3.05) is 44.8 Å². The van der Waals surface area contributed by atoms with Gasteiger partial charge in [-0.05, 0) is 31.2 Å². The van der Waals surface area contributed by atoms with Crippen LogP contribution in [0.5, 0.6) is 11.5 Å². The van der Waals surface area contributed by atoms with E-state index in [2.05, 4.69) is 0 Å². The monoisotopic (exact) mass is 382 g/mol. The van der Waals surface area contributed by atoms with Crippen molar-refractivity contribution in [1.29, 1.82) is 0 Å². The van der Waals surface area contributed by atoms with Crippen molar-refractivity contribution in [3.05, 3.63) is 53.6 Å².